The lowest BCUT2D eigenvalue weighted by Crippen LogP contribution is -2.40. The molecule has 2 amide bonds. The molecule has 3 aromatic rings. The number of benzene rings is 3. The van der Waals surface area contributed by atoms with Crippen LogP contribution in [0.25, 0.3) is 10.8 Å². The van der Waals surface area contributed by atoms with Crippen molar-refractivity contribution in [2.24, 2.45) is 0 Å². The fourth-order valence-corrected chi connectivity index (χ4v) is 3.73. The van der Waals surface area contributed by atoms with E-state index in [9.17, 15) is 9.59 Å². The van der Waals surface area contributed by atoms with Crippen LogP contribution in [0, 0.1) is 13.8 Å². The van der Waals surface area contributed by atoms with E-state index in [2.05, 4.69) is 15.9 Å². The molecule has 0 bridgehead atoms. The van der Waals surface area contributed by atoms with E-state index in [-0.39, 0.29) is 11.8 Å². The van der Waals surface area contributed by atoms with Gasteiger partial charge in [0.05, 0.1) is 11.3 Å². The first-order valence-corrected chi connectivity index (χ1v) is 8.45. The number of amides is 2. The Bertz CT molecular complexity index is 1040. The summed E-state index contributed by atoms with van der Waals surface area (Å²) < 4.78 is 0.825. The third-order valence-electron chi connectivity index (χ3n) is 4.41. The van der Waals surface area contributed by atoms with E-state index in [4.69, 9.17) is 0 Å². The molecule has 4 rings (SSSR count). The summed E-state index contributed by atoms with van der Waals surface area (Å²) in [6.45, 7) is 3.86. The molecule has 0 spiro atoms. The second-order valence-electron chi connectivity index (χ2n) is 6.09. The van der Waals surface area contributed by atoms with Gasteiger partial charge < -0.3 is 0 Å². The first kappa shape index (κ1) is 15.1. The van der Waals surface area contributed by atoms with E-state index in [1.807, 2.05) is 50.2 Å². The number of anilines is 1. The highest BCUT2D eigenvalue weighted by Crippen LogP contribution is 2.36. The van der Waals surface area contributed by atoms with Crippen molar-refractivity contribution >= 4 is 44.2 Å². The minimum absolute atomic E-state index is 0.269. The van der Waals surface area contributed by atoms with Crippen LogP contribution in [0.4, 0.5) is 5.69 Å². The topological polar surface area (TPSA) is 37.4 Å². The van der Waals surface area contributed by atoms with Crippen molar-refractivity contribution in [2.75, 3.05) is 4.90 Å². The molecule has 1 aliphatic heterocycles. The number of halogens is 1. The average molecular weight is 380 g/mol. The Kier molecular flexibility index (Phi) is 3.32. The number of carbonyl (C=O) groups is 2. The second-order valence-corrected chi connectivity index (χ2v) is 7.01. The standard InChI is InChI=1S/C20H14BrNO2/c1-11-6-7-12(2)17(8-11)22-19(23)15-5-3-4-13-9-14(21)10-16(18(13)15)20(22)24/h3-10H,1-2H3. The van der Waals surface area contributed by atoms with Crippen molar-refractivity contribution in [2.45, 2.75) is 13.8 Å². The Balaban J connectivity index is 2.03. The minimum atomic E-state index is -0.279. The fourth-order valence-electron chi connectivity index (χ4n) is 3.25. The lowest BCUT2D eigenvalue weighted by molar-refractivity contribution is 0.0893. The molecular weight excluding hydrogens is 366 g/mol. The quantitative estimate of drug-likeness (QED) is 0.556. The maximum atomic E-state index is 13.1. The number of carbonyl (C=O) groups excluding carboxylic acids is 2. The molecule has 1 aliphatic rings. The summed E-state index contributed by atoms with van der Waals surface area (Å²) in [6, 6.07) is 15.1. The van der Waals surface area contributed by atoms with Gasteiger partial charge in [-0.3, -0.25) is 9.59 Å². The summed E-state index contributed by atoms with van der Waals surface area (Å²) >= 11 is 3.46. The summed E-state index contributed by atoms with van der Waals surface area (Å²) in [4.78, 5) is 27.5. The number of rotatable bonds is 1. The van der Waals surface area contributed by atoms with Gasteiger partial charge in [-0.1, -0.05) is 40.2 Å². The Morgan fingerprint density at radius 2 is 1.62 bits per heavy atom. The van der Waals surface area contributed by atoms with E-state index in [0.717, 1.165) is 26.4 Å². The van der Waals surface area contributed by atoms with Crippen LogP contribution in [0.1, 0.15) is 31.8 Å². The Hall–Kier alpha value is -2.46. The molecule has 3 nitrogen and oxygen atoms in total. The van der Waals surface area contributed by atoms with Crippen LogP contribution in [0.3, 0.4) is 0 Å². The molecule has 0 radical (unpaired) electrons. The third-order valence-corrected chi connectivity index (χ3v) is 4.87. The van der Waals surface area contributed by atoms with Gasteiger partial charge in [0.1, 0.15) is 0 Å². The van der Waals surface area contributed by atoms with Gasteiger partial charge in [-0.25, -0.2) is 4.90 Å². The highest BCUT2D eigenvalue weighted by atomic mass is 79.9. The first-order chi connectivity index (χ1) is 11.5. The number of aryl methyl sites for hydroxylation is 2. The van der Waals surface area contributed by atoms with Crippen LogP contribution in [0.2, 0.25) is 0 Å². The molecular formula is C20H14BrNO2. The minimum Gasteiger partial charge on any atom is -0.268 e. The molecule has 0 fully saturated rings. The van der Waals surface area contributed by atoms with E-state index < -0.39 is 0 Å². The monoisotopic (exact) mass is 379 g/mol. The average Bonchev–Trinajstić information content (AvgIpc) is 2.55. The van der Waals surface area contributed by atoms with Gasteiger partial charge in [-0.05, 0) is 54.6 Å². The first-order valence-electron chi connectivity index (χ1n) is 7.65. The molecule has 4 heteroatoms. The van der Waals surface area contributed by atoms with E-state index >= 15 is 0 Å². The van der Waals surface area contributed by atoms with Gasteiger partial charge in [-0.2, -0.15) is 0 Å². The lowest BCUT2D eigenvalue weighted by atomic mass is 9.93. The molecule has 0 aliphatic carbocycles. The van der Waals surface area contributed by atoms with Gasteiger partial charge in [0.15, 0.2) is 0 Å². The van der Waals surface area contributed by atoms with Crippen molar-refractivity contribution in [1.29, 1.82) is 0 Å². The molecule has 0 N–H and O–H groups in total. The highest BCUT2D eigenvalue weighted by molar-refractivity contribution is 9.10. The number of hydrogen-bond acceptors (Lipinski definition) is 2. The Labute approximate surface area is 148 Å². The third kappa shape index (κ3) is 2.10. The van der Waals surface area contributed by atoms with Crippen LogP contribution in [0.5, 0.6) is 0 Å². The molecule has 0 saturated carbocycles. The molecule has 3 aromatic carbocycles. The molecule has 0 saturated heterocycles. The lowest BCUT2D eigenvalue weighted by Gasteiger charge is -2.28. The summed E-state index contributed by atoms with van der Waals surface area (Å²) in [5, 5.41) is 1.62. The molecule has 118 valence electrons. The maximum absolute atomic E-state index is 13.1. The number of imide groups is 1. The molecule has 0 atom stereocenters. The predicted octanol–water partition coefficient (Wildman–Crippen LogP) is 5.02. The van der Waals surface area contributed by atoms with Gasteiger partial charge in [0.2, 0.25) is 0 Å². The van der Waals surface area contributed by atoms with Crippen LogP contribution >= 0.6 is 15.9 Å². The van der Waals surface area contributed by atoms with Crippen LogP contribution in [-0.4, -0.2) is 11.8 Å². The van der Waals surface area contributed by atoms with Crippen molar-refractivity contribution in [3.63, 3.8) is 0 Å². The van der Waals surface area contributed by atoms with Crippen molar-refractivity contribution in [3.8, 4) is 0 Å². The number of nitrogens with zero attached hydrogens (tertiary/aromatic N) is 1. The molecule has 0 unspecified atom stereocenters. The van der Waals surface area contributed by atoms with Gasteiger partial charge >= 0.3 is 0 Å². The smallest absolute Gasteiger partial charge is 0.266 e. The van der Waals surface area contributed by atoms with E-state index in [0.29, 0.717) is 16.8 Å². The summed E-state index contributed by atoms with van der Waals surface area (Å²) in [7, 11) is 0. The Morgan fingerprint density at radius 3 is 2.42 bits per heavy atom. The summed E-state index contributed by atoms with van der Waals surface area (Å²) in [5.41, 5.74) is 3.67. The normalized spacial score (nSPS) is 13.7. The number of hydrogen-bond donors (Lipinski definition) is 0. The van der Waals surface area contributed by atoms with Crippen molar-refractivity contribution in [1.82, 2.24) is 0 Å². The van der Waals surface area contributed by atoms with Crippen LogP contribution < -0.4 is 4.90 Å². The van der Waals surface area contributed by atoms with E-state index in [1.165, 1.54) is 4.90 Å². The largest absolute Gasteiger partial charge is 0.268 e. The van der Waals surface area contributed by atoms with Crippen molar-refractivity contribution < 1.29 is 9.59 Å². The van der Waals surface area contributed by atoms with Gasteiger partial charge in [0, 0.05) is 15.4 Å². The van der Waals surface area contributed by atoms with Crippen LogP contribution in [-0.2, 0) is 0 Å². The SMILES string of the molecule is Cc1ccc(C)c(N2C(=O)c3cccc4cc(Br)cc(c34)C2=O)c1. The zero-order valence-electron chi connectivity index (χ0n) is 13.3. The second kappa shape index (κ2) is 5.28. The summed E-state index contributed by atoms with van der Waals surface area (Å²) in [5.74, 6) is -0.548. The predicted molar refractivity (Wildman–Crippen MR) is 98.7 cm³/mol. The summed E-state index contributed by atoms with van der Waals surface area (Å²) in [6.07, 6.45) is 0. The van der Waals surface area contributed by atoms with Crippen LogP contribution in [0.15, 0.2) is 53.0 Å². The Morgan fingerprint density at radius 1 is 0.875 bits per heavy atom. The van der Waals surface area contributed by atoms with Crippen molar-refractivity contribution in [3.05, 3.63) is 75.3 Å². The van der Waals surface area contributed by atoms with Gasteiger partial charge in [-0.15, -0.1) is 0 Å². The van der Waals surface area contributed by atoms with Gasteiger partial charge in [0.25, 0.3) is 11.8 Å². The molecule has 24 heavy (non-hydrogen) atoms. The zero-order valence-corrected chi connectivity index (χ0v) is 14.8. The molecule has 0 aromatic heterocycles. The highest BCUT2D eigenvalue weighted by Gasteiger charge is 2.34. The fraction of sp³-hybridized carbons (Fsp3) is 0.100. The van der Waals surface area contributed by atoms with E-state index in [1.54, 1.807) is 12.1 Å². The molecule has 1 heterocycles. The maximum Gasteiger partial charge on any atom is 0.266 e. The zero-order chi connectivity index (χ0) is 17.0.